The van der Waals surface area contributed by atoms with Gasteiger partial charge >= 0.3 is 6.18 Å². The fourth-order valence-electron chi connectivity index (χ4n) is 2.24. The van der Waals surface area contributed by atoms with E-state index in [1.807, 2.05) is 13.0 Å². The smallest absolute Gasteiger partial charge is 0.398 e. The highest BCUT2D eigenvalue weighted by atomic mass is 19.4. The van der Waals surface area contributed by atoms with Crippen molar-refractivity contribution in [1.82, 2.24) is 14.6 Å². The van der Waals surface area contributed by atoms with Crippen LogP contribution in [-0.4, -0.2) is 27.3 Å². The number of nitrogens with two attached hydrogens (primary N) is 2. The standard InChI is InChI=1S/C15H16F3N7/c1-8-2-3-9(4-10(8)19)23-13-5-11(22-7-15(16,17)18)14-21-6-12(20)25(14)24-13/h2-6,22H,7,19-20H2,1H3,(H,23,24). The number of aromatic nitrogens is 3. The summed E-state index contributed by atoms with van der Waals surface area (Å²) in [5, 5.41) is 9.56. The number of hydrogen-bond donors (Lipinski definition) is 4. The van der Waals surface area contributed by atoms with Gasteiger partial charge in [-0.05, 0) is 24.6 Å². The predicted molar refractivity (Wildman–Crippen MR) is 90.8 cm³/mol. The molecule has 0 saturated heterocycles. The second-order valence-electron chi connectivity index (χ2n) is 5.53. The molecular weight excluding hydrogens is 335 g/mol. The van der Waals surface area contributed by atoms with Crippen molar-refractivity contribution in [3.8, 4) is 0 Å². The van der Waals surface area contributed by atoms with E-state index in [4.69, 9.17) is 11.5 Å². The van der Waals surface area contributed by atoms with Crippen molar-refractivity contribution >= 4 is 34.3 Å². The Bertz CT molecular complexity index is 917. The molecule has 25 heavy (non-hydrogen) atoms. The first kappa shape index (κ1) is 16.7. The summed E-state index contributed by atoms with van der Waals surface area (Å²) in [7, 11) is 0. The Labute approximate surface area is 140 Å². The van der Waals surface area contributed by atoms with Gasteiger partial charge in [-0.3, -0.25) is 0 Å². The number of imidazole rings is 1. The monoisotopic (exact) mass is 351 g/mol. The summed E-state index contributed by atoms with van der Waals surface area (Å²) in [6.45, 7) is 0.672. The number of halogens is 3. The molecular formula is C15H16F3N7. The zero-order chi connectivity index (χ0) is 18.2. The van der Waals surface area contributed by atoms with E-state index in [-0.39, 0.29) is 17.2 Å². The van der Waals surface area contributed by atoms with Gasteiger partial charge in [0.15, 0.2) is 11.5 Å². The fourth-order valence-corrected chi connectivity index (χ4v) is 2.24. The van der Waals surface area contributed by atoms with Crippen LogP contribution in [-0.2, 0) is 0 Å². The minimum Gasteiger partial charge on any atom is -0.398 e. The molecule has 6 N–H and O–H groups in total. The van der Waals surface area contributed by atoms with E-state index in [9.17, 15) is 13.2 Å². The van der Waals surface area contributed by atoms with Crippen LogP contribution in [0.2, 0.25) is 0 Å². The number of alkyl halides is 3. The van der Waals surface area contributed by atoms with Crippen LogP contribution in [0.15, 0.2) is 30.5 Å². The van der Waals surface area contributed by atoms with Crippen LogP contribution < -0.4 is 22.1 Å². The third-order valence-electron chi connectivity index (χ3n) is 3.52. The molecule has 1 aromatic carbocycles. The van der Waals surface area contributed by atoms with Crippen molar-refractivity contribution in [3.63, 3.8) is 0 Å². The minimum atomic E-state index is -4.36. The van der Waals surface area contributed by atoms with Crippen molar-refractivity contribution in [1.29, 1.82) is 0 Å². The van der Waals surface area contributed by atoms with E-state index in [1.54, 1.807) is 12.1 Å². The van der Waals surface area contributed by atoms with E-state index in [0.29, 0.717) is 17.2 Å². The third kappa shape index (κ3) is 3.67. The topological polar surface area (TPSA) is 106 Å². The summed E-state index contributed by atoms with van der Waals surface area (Å²) >= 11 is 0. The van der Waals surface area contributed by atoms with Gasteiger partial charge in [0.05, 0.1) is 11.9 Å². The first-order valence-electron chi connectivity index (χ1n) is 7.31. The number of benzene rings is 1. The molecule has 132 valence electrons. The molecule has 3 rings (SSSR count). The summed E-state index contributed by atoms with van der Waals surface area (Å²) in [5.74, 6) is 0.502. The Balaban J connectivity index is 1.97. The molecule has 0 aliphatic carbocycles. The predicted octanol–water partition coefficient (Wildman–Crippen LogP) is 2.92. The van der Waals surface area contributed by atoms with Crippen molar-refractivity contribution in [2.45, 2.75) is 13.1 Å². The Hall–Kier alpha value is -3.17. The summed E-state index contributed by atoms with van der Waals surface area (Å²) in [6.07, 6.45) is -3.04. The highest BCUT2D eigenvalue weighted by Gasteiger charge is 2.27. The number of hydrogen-bond acceptors (Lipinski definition) is 6. The Kier molecular flexibility index (Phi) is 4.03. The van der Waals surface area contributed by atoms with E-state index >= 15 is 0 Å². The van der Waals surface area contributed by atoms with Gasteiger partial charge in [-0.25, -0.2) is 4.98 Å². The van der Waals surface area contributed by atoms with Gasteiger partial charge in [-0.1, -0.05) is 6.07 Å². The SMILES string of the molecule is Cc1ccc(Nc2cc(NCC(F)(F)F)c3ncc(N)n3n2)cc1N. The van der Waals surface area contributed by atoms with E-state index in [0.717, 1.165) is 5.56 Å². The number of nitrogens with one attached hydrogen (secondary N) is 2. The molecule has 0 atom stereocenters. The van der Waals surface area contributed by atoms with Crippen molar-refractivity contribution in [3.05, 3.63) is 36.0 Å². The second kappa shape index (κ2) is 6.04. The lowest BCUT2D eigenvalue weighted by Crippen LogP contribution is -2.22. The van der Waals surface area contributed by atoms with Gasteiger partial charge in [0.25, 0.3) is 0 Å². The first-order chi connectivity index (χ1) is 11.7. The van der Waals surface area contributed by atoms with E-state index in [2.05, 4.69) is 20.7 Å². The highest BCUT2D eigenvalue weighted by Crippen LogP contribution is 2.26. The second-order valence-corrected chi connectivity index (χ2v) is 5.53. The Morgan fingerprint density at radius 2 is 1.96 bits per heavy atom. The molecule has 0 spiro atoms. The van der Waals surface area contributed by atoms with Gasteiger partial charge in [0.2, 0.25) is 0 Å². The zero-order valence-corrected chi connectivity index (χ0v) is 13.2. The molecule has 0 unspecified atom stereocenters. The molecule has 0 radical (unpaired) electrons. The van der Waals surface area contributed by atoms with Gasteiger partial charge in [-0.15, -0.1) is 5.10 Å². The summed E-state index contributed by atoms with van der Waals surface area (Å²) < 4.78 is 38.8. The molecule has 0 aliphatic heterocycles. The molecule has 0 aliphatic rings. The van der Waals surface area contributed by atoms with Crippen molar-refractivity contribution < 1.29 is 13.2 Å². The maximum atomic E-state index is 12.5. The fraction of sp³-hybridized carbons (Fsp3) is 0.200. The lowest BCUT2D eigenvalue weighted by Gasteiger charge is -2.13. The first-order valence-corrected chi connectivity index (χ1v) is 7.31. The molecule has 2 heterocycles. The van der Waals surface area contributed by atoms with Crippen LogP contribution in [0, 0.1) is 6.92 Å². The van der Waals surface area contributed by atoms with E-state index in [1.165, 1.54) is 16.8 Å². The summed E-state index contributed by atoms with van der Waals surface area (Å²) in [5.41, 5.74) is 14.2. The molecule has 7 nitrogen and oxygen atoms in total. The Morgan fingerprint density at radius 1 is 1.20 bits per heavy atom. The van der Waals surface area contributed by atoms with Gasteiger partial charge in [-0.2, -0.15) is 17.7 Å². The largest absolute Gasteiger partial charge is 0.405 e. The molecule has 0 saturated carbocycles. The van der Waals surface area contributed by atoms with Crippen LogP contribution in [0.5, 0.6) is 0 Å². The molecule has 3 aromatic rings. The molecule has 0 bridgehead atoms. The van der Waals surface area contributed by atoms with E-state index < -0.39 is 12.7 Å². The summed E-state index contributed by atoms with van der Waals surface area (Å²) in [4.78, 5) is 3.99. The number of nitrogens with zero attached hydrogens (tertiary/aromatic N) is 3. The van der Waals surface area contributed by atoms with Crippen molar-refractivity contribution in [2.75, 3.05) is 28.6 Å². The van der Waals surface area contributed by atoms with Crippen LogP contribution in [0.1, 0.15) is 5.56 Å². The van der Waals surface area contributed by atoms with Gasteiger partial charge < -0.3 is 22.1 Å². The lowest BCUT2D eigenvalue weighted by molar-refractivity contribution is -0.115. The number of fused-ring (bicyclic) bond motifs is 1. The molecule has 0 fully saturated rings. The third-order valence-corrected chi connectivity index (χ3v) is 3.52. The highest BCUT2D eigenvalue weighted by molar-refractivity contribution is 5.74. The normalized spacial score (nSPS) is 11.7. The van der Waals surface area contributed by atoms with Gasteiger partial charge in [0, 0.05) is 17.4 Å². The Morgan fingerprint density at radius 3 is 2.64 bits per heavy atom. The average Bonchev–Trinajstić information content (AvgIpc) is 2.90. The zero-order valence-electron chi connectivity index (χ0n) is 13.2. The molecule has 10 heteroatoms. The van der Waals surface area contributed by atoms with Crippen LogP contribution in [0.3, 0.4) is 0 Å². The molecule has 2 aromatic heterocycles. The maximum Gasteiger partial charge on any atom is 0.405 e. The summed E-state index contributed by atoms with van der Waals surface area (Å²) in [6, 6.07) is 6.76. The number of rotatable bonds is 4. The maximum absolute atomic E-state index is 12.5. The lowest BCUT2D eigenvalue weighted by atomic mass is 10.2. The number of aryl methyl sites for hydroxylation is 1. The van der Waals surface area contributed by atoms with Crippen molar-refractivity contribution in [2.24, 2.45) is 0 Å². The van der Waals surface area contributed by atoms with Crippen LogP contribution in [0.4, 0.5) is 41.9 Å². The number of anilines is 5. The van der Waals surface area contributed by atoms with Crippen LogP contribution >= 0.6 is 0 Å². The quantitative estimate of drug-likeness (QED) is 0.539. The number of nitrogen functional groups attached to an aromatic ring is 2. The minimum absolute atomic E-state index is 0.159. The van der Waals surface area contributed by atoms with Crippen LogP contribution in [0.25, 0.3) is 5.65 Å². The molecule has 0 amide bonds. The average molecular weight is 351 g/mol. The van der Waals surface area contributed by atoms with Gasteiger partial charge in [0.1, 0.15) is 12.4 Å².